The van der Waals surface area contributed by atoms with Gasteiger partial charge in [-0.3, -0.25) is 4.98 Å². The van der Waals surface area contributed by atoms with Gasteiger partial charge >= 0.3 is 0 Å². The largest absolute Gasteiger partial charge is 0.327 e. The zero-order valence-corrected chi connectivity index (χ0v) is 12.1. The average molecular weight is 323 g/mol. The maximum absolute atomic E-state index is 13.4. The molecule has 1 heterocycles. The van der Waals surface area contributed by atoms with Crippen LogP contribution >= 0.6 is 15.9 Å². The minimum atomic E-state index is -0.241. The van der Waals surface area contributed by atoms with Gasteiger partial charge in [-0.1, -0.05) is 18.2 Å². The minimum Gasteiger partial charge on any atom is -0.327 e. The van der Waals surface area contributed by atoms with E-state index in [9.17, 15) is 4.39 Å². The van der Waals surface area contributed by atoms with Crippen molar-refractivity contribution in [3.05, 3.63) is 64.1 Å². The van der Waals surface area contributed by atoms with Crippen LogP contribution in [0.1, 0.15) is 17.7 Å². The molecule has 1 atom stereocenters. The average Bonchev–Trinajstić information content (AvgIpc) is 2.43. The number of hydrogen-bond donors (Lipinski definition) is 1. The number of nitrogens with two attached hydrogens (primary N) is 1. The van der Waals surface area contributed by atoms with Gasteiger partial charge in [-0.05, 0) is 59.0 Å². The fourth-order valence-electron chi connectivity index (χ4n) is 1.97. The third-order valence-electron chi connectivity index (χ3n) is 3.01. The van der Waals surface area contributed by atoms with Crippen LogP contribution in [-0.2, 0) is 12.8 Å². The predicted octanol–water partition coefficient (Wildman–Crippen LogP) is 3.49. The molecule has 19 heavy (non-hydrogen) atoms. The highest BCUT2D eigenvalue weighted by Crippen LogP contribution is 2.22. The Bertz CT molecular complexity index is 531. The first-order valence-electron chi connectivity index (χ1n) is 6.25. The van der Waals surface area contributed by atoms with Gasteiger partial charge in [0, 0.05) is 17.9 Å². The molecule has 0 saturated carbocycles. The molecule has 1 aromatic heterocycles. The third kappa shape index (κ3) is 4.11. The lowest BCUT2D eigenvalue weighted by Gasteiger charge is -2.12. The van der Waals surface area contributed by atoms with Gasteiger partial charge in [-0.2, -0.15) is 0 Å². The van der Waals surface area contributed by atoms with E-state index in [0.717, 1.165) is 24.1 Å². The van der Waals surface area contributed by atoms with E-state index >= 15 is 0 Å². The van der Waals surface area contributed by atoms with Crippen LogP contribution in [0.25, 0.3) is 0 Å². The first kappa shape index (κ1) is 14.2. The van der Waals surface area contributed by atoms with Gasteiger partial charge in [-0.25, -0.2) is 4.39 Å². The monoisotopic (exact) mass is 322 g/mol. The number of hydrogen-bond acceptors (Lipinski definition) is 2. The number of aromatic nitrogens is 1. The number of nitrogens with zero attached hydrogens (tertiary/aromatic N) is 1. The molecule has 0 bridgehead atoms. The van der Waals surface area contributed by atoms with Crippen LogP contribution in [0, 0.1) is 5.82 Å². The van der Waals surface area contributed by atoms with E-state index in [0.29, 0.717) is 10.9 Å². The number of halogens is 2. The van der Waals surface area contributed by atoms with Gasteiger partial charge < -0.3 is 5.73 Å². The molecule has 0 saturated heterocycles. The van der Waals surface area contributed by atoms with Crippen LogP contribution in [-0.4, -0.2) is 11.0 Å². The normalized spacial score (nSPS) is 12.4. The van der Waals surface area contributed by atoms with Crippen molar-refractivity contribution < 1.29 is 4.39 Å². The maximum Gasteiger partial charge on any atom is 0.137 e. The van der Waals surface area contributed by atoms with Gasteiger partial charge in [-0.15, -0.1) is 0 Å². The van der Waals surface area contributed by atoms with Crippen LogP contribution in [0.5, 0.6) is 0 Å². The van der Waals surface area contributed by atoms with E-state index in [1.54, 1.807) is 12.3 Å². The maximum atomic E-state index is 13.4. The quantitative estimate of drug-likeness (QED) is 0.915. The third-order valence-corrected chi connectivity index (χ3v) is 3.90. The number of aryl methyl sites for hydroxylation is 1. The topological polar surface area (TPSA) is 38.9 Å². The Balaban J connectivity index is 1.91. The summed E-state index contributed by atoms with van der Waals surface area (Å²) in [5.41, 5.74) is 8.05. The standard InChI is InChI=1S/C15H16BrFN2/c16-15-11(4-3-6-14(15)17)10-12(18)7-8-13-5-1-2-9-19-13/h1-6,9,12H,7-8,10,18H2. The molecular formula is C15H16BrFN2. The van der Waals surface area contributed by atoms with Crippen molar-refractivity contribution in [3.63, 3.8) is 0 Å². The van der Waals surface area contributed by atoms with Gasteiger partial charge in [0.25, 0.3) is 0 Å². The Kier molecular flexibility index (Phi) is 5.05. The van der Waals surface area contributed by atoms with E-state index in [1.807, 2.05) is 24.3 Å². The van der Waals surface area contributed by atoms with Crippen molar-refractivity contribution in [2.45, 2.75) is 25.3 Å². The van der Waals surface area contributed by atoms with Crippen LogP contribution in [0.4, 0.5) is 4.39 Å². The molecule has 2 aromatic rings. The highest BCUT2D eigenvalue weighted by atomic mass is 79.9. The van der Waals surface area contributed by atoms with Crippen molar-refractivity contribution in [1.82, 2.24) is 4.98 Å². The zero-order chi connectivity index (χ0) is 13.7. The molecule has 0 aliphatic rings. The van der Waals surface area contributed by atoms with Crippen molar-refractivity contribution in [2.24, 2.45) is 5.73 Å². The lowest BCUT2D eigenvalue weighted by atomic mass is 10.0. The summed E-state index contributed by atoms with van der Waals surface area (Å²) in [4.78, 5) is 4.26. The van der Waals surface area contributed by atoms with Crippen molar-refractivity contribution in [1.29, 1.82) is 0 Å². The van der Waals surface area contributed by atoms with E-state index < -0.39 is 0 Å². The Hall–Kier alpha value is -1.26. The number of pyridine rings is 1. The summed E-state index contributed by atoms with van der Waals surface area (Å²) in [7, 11) is 0. The molecule has 0 aliphatic carbocycles. The summed E-state index contributed by atoms with van der Waals surface area (Å²) < 4.78 is 13.9. The van der Waals surface area contributed by atoms with Crippen LogP contribution < -0.4 is 5.73 Å². The first-order chi connectivity index (χ1) is 9.16. The van der Waals surface area contributed by atoms with Gasteiger partial charge in [0.15, 0.2) is 0 Å². The Morgan fingerprint density at radius 1 is 1.21 bits per heavy atom. The summed E-state index contributed by atoms with van der Waals surface area (Å²) >= 11 is 3.26. The molecule has 2 rings (SSSR count). The molecule has 0 spiro atoms. The molecular weight excluding hydrogens is 307 g/mol. The summed E-state index contributed by atoms with van der Waals surface area (Å²) in [6.45, 7) is 0. The fraction of sp³-hybridized carbons (Fsp3) is 0.267. The molecule has 4 heteroatoms. The van der Waals surface area contributed by atoms with Crippen molar-refractivity contribution in [2.75, 3.05) is 0 Å². The van der Waals surface area contributed by atoms with Crippen molar-refractivity contribution in [3.8, 4) is 0 Å². The molecule has 0 amide bonds. The molecule has 0 aliphatic heterocycles. The molecule has 0 radical (unpaired) electrons. The lowest BCUT2D eigenvalue weighted by Crippen LogP contribution is -2.24. The second-order valence-electron chi connectivity index (χ2n) is 4.54. The zero-order valence-electron chi connectivity index (χ0n) is 10.5. The number of rotatable bonds is 5. The molecule has 1 aromatic carbocycles. The molecule has 2 N–H and O–H groups in total. The van der Waals surface area contributed by atoms with Gasteiger partial charge in [0.05, 0.1) is 4.47 Å². The first-order valence-corrected chi connectivity index (χ1v) is 7.04. The Morgan fingerprint density at radius 3 is 2.79 bits per heavy atom. The molecule has 100 valence electrons. The fourth-order valence-corrected chi connectivity index (χ4v) is 2.40. The van der Waals surface area contributed by atoms with Gasteiger partial charge in [0.2, 0.25) is 0 Å². The van der Waals surface area contributed by atoms with Gasteiger partial charge in [0.1, 0.15) is 5.82 Å². The highest BCUT2D eigenvalue weighted by molar-refractivity contribution is 9.10. The van der Waals surface area contributed by atoms with E-state index in [4.69, 9.17) is 5.73 Å². The second kappa shape index (κ2) is 6.78. The van der Waals surface area contributed by atoms with Crippen LogP contribution in [0.3, 0.4) is 0 Å². The lowest BCUT2D eigenvalue weighted by molar-refractivity contribution is 0.590. The summed E-state index contributed by atoms with van der Waals surface area (Å²) in [5.74, 6) is -0.241. The van der Waals surface area contributed by atoms with E-state index in [1.165, 1.54) is 6.07 Å². The summed E-state index contributed by atoms with van der Waals surface area (Å²) in [6.07, 6.45) is 4.12. The van der Waals surface area contributed by atoms with E-state index in [-0.39, 0.29) is 11.9 Å². The molecule has 0 fully saturated rings. The Morgan fingerprint density at radius 2 is 2.05 bits per heavy atom. The summed E-state index contributed by atoms with van der Waals surface area (Å²) in [6, 6.07) is 10.9. The molecule has 1 unspecified atom stereocenters. The van der Waals surface area contributed by atoms with Crippen LogP contribution in [0.15, 0.2) is 47.1 Å². The highest BCUT2D eigenvalue weighted by Gasteiger charge is 2.10. The summed E-state index contributed by atoms with van der Waals surface area (Å²) in [5, 5.41) is 0. The van der Waals surface area contributed by atoms with Crippen LogP contribution in [0.2, 0.25) is 0 Å². The SMILES string of the molecule is NC(CCc1ccccn1)Cc1cccc(F)c1Br. The number of benzene rings is 1. The minimum absolute atomic E-state index is 0.0000983. The second-order valence-corrected chi connectivity index (χ2v) is 5.33. The van der Waals surface area contributed by atoms with E-state index in [2.05, 4.69) is 20.9 Å². The van der Waals surface area contributed by atoms with Crippen molar-refractivity contribution >= 4 is 15.9 Å². The Labute approximate surface area is 121 Å². The molecule has 2 nitrogen and oxygen atoms in total. The predicted molar refractivity (Wildman–Crippen MR) is 78.3 cm³/mol. The smallest absolute Gasteiger partial charge is 0.137 e.